The number of aryl methyl sites for hydroxylation is 1. The van der Waals surface area contributed by atoms with Crippen LogP contribution in [-0.2, 0) is 4.79 Å². The number of amides is 1. The zero-order chi connectivity index (χ0) is 14.2. The Hall–Kier alpha value is -0.940. The highest BCUT2D eigenvalue weighted by molar-refractivity contribution is 9.10. The van der Waals surface area contributed by atoms with Gasteiger partial charge < -0.3 is 10.2 Å². The van der Waals surface area contributed by atoms with Gasteiger partial charge in [0.25, 0.3) is 0 Å². The lowest BCUT2D eigenvalue weighted by atomic mass is 10.2. The van der Waals surface area contributed by atoms with Crippen molar-refractivity contribution in [2.24, 2.45) is 0 Å². The molecule has 2 rings (SSSR count). The molecule has 0 aliphatic carbocycles. The molecule has 1 aromatic rings. The average Bonchev–Trinajstić information content (AvgIpc) is 2.65. The summed E-state index contributed by atoms with van der Waals surface area (Å²) in [5.41, 5.74) is 1.56. The van der Waals surface area contributed by atoms with Gasteiger partial charge in [-0.3, -0.25) is 4.79 Å². The second-order valence-electron chi connectivity index (χ2n) is 5.21. The van der Waals surface area contributed by atoms with Crippen LogP contribution in [0.15, 0.2) is 16.6 Å². The molecule has 1 aliphatic rings. The van der Waals surface area contributed by atoms with E-state index in [2.05, 4.69) is 21.2 Å². The summed E-state index contributed by atoms with van der Waals surface area (Å²) in [5.74, 6) is -0.313. The van der Waals surface area contributed by atoms with Crippen LogP contribution in [0.1, 0.15) is 25.8 Å². The van der Waals surface area contributed by atoms with E-state index in [9.17, 15) is 9.18 Å². The highest BCUT2D eigenvalue weighted by Gasteiger charge is 2.33. The van der Waals surface area contributed by atoms with Crippen LogP contribution in [0.2, 0.25) is 0 Å². The molecule has 1 N–H and O–H groups in total. The van der Waals surface area contributed by atoms with Gasteiger partial charge >= 0.3 is 0 Å². The van der Waals surface area contributed by atoms with Crippen LogP contribution in [-0.4, -0.2) is 24.5 Å². The molecule has 0 saturated carbocycles. The van der Waals surface area contributed by atoms with E-state index in [0.29, 0.717) is 16.7 Å². The number of carbonyl (C=O) groups is 1. The maximum absolute atomic E-state index is 13.6. The van der Waals surface area contributed by atoms with Crippen molar-refractivity contribution in [3.05, 3.63) is 28.0 Å². The second-order valence-corrected chi connectivity index (χ2v) is 6.06. The number of benzene rings is 1. The SMILES string of the molecule is Cc1cc(Br)c(F)cc1N1CCC(NC(C)C)C1=O. The van der Waals surface area contributed by atoms with Crippen LogP contribution in [0.4, 0.5) is 10.1 Å². The lowest BCUT2D eigenvalue weighted by Gasteiger charge is -2.20. The predicted octanol–water partition coefficient (Wildman–Crippen LogP) is 3.00. The monoisotopic (exact) mass is 328 g/mol. The van der Waals surface area contributed by atoms with Crippen molar-refractivity contribution >= 4 is 27.5 Å². The number of hydrogen-bond donors (Lipinski definition) is 1. The molecular weight excluding hydrogens is 311 g/mol. The molecule has 3 nitrogen and oxygen atoms in total. The molecule has 19 heavy (non-hydrogen) atoms. The van der Waals surface area contributed by atoms with Crippen LogP contribution in [0.25, 0.3) is 0 Å². The van der Waals surface area contributed by atoms with Crippen LogP contribution in [0.3, 0.4) is 0 Å². The molecule has 1 saturated heterocycles. The van der Waals surface area contributed by atoms with Crippen molar-refractivity contribution in [3.63, 3.8) is 0 Å². The Morgan fingerprint density at radius 2 is 2.16 bits per heavy atom. The topological polar surface area (TPSA) is 32.3 Å². The molecule has 0 radical (unpaired) electrons. The van der Waals surface area contributed by atoms with Crippen LogP contribution >= 0.6 is 15.9 Å². The number of hydrogen-bond acceptors (Lipinski definition) is 2. The van der Waals surface area contributed by atoms with Gasteiger partial charge in [0.15, 0.2) is 0 Å². The summed E-state index contributed by atoms with van der Waals surface area (Å²) in [6.45, 7) is 6.54. The lowest BCUT2D eigenvalue weighted by molar-refractivity contribution is -0.118. The molecule has 1 unspecified atom stereocenters. The first kappa shape index (κ1) is 14.5. The fourth-order valence-electron chi connectivity index (χ4n) is 2.40. The Kier molecular flexibility index (Phi) is 4.26. The van der Waals surface area contributed by atoms with E-state index in [4.69, 9.17) is 0 Å². The first-order valence-electron chi connectivity index (χ1n) is 6.43. The predicted molar refractivity (Wildman–Crippen MR) is 77.9 cm³/mol. The van der Waals surface area contributed by atoms with E-state index in [1.165, 1.54) is 6.07 Å². The fraction of sp³-hybridized carbons (Fsp3) is 0.500. The third-order valence-corrected chi connectivity index (χ3v) is 3.88. The fourth-order valence-corrected chi connectivity index (χ4v) is 2.86. The van der Waals surface area contributed by atoms with Gasteiger partial charge in [0.05, 0.1) is 10.5 Å². The van der Waals surface area contributed by atoms with Crippen LogP contribution in [0, 0.1) is 12.7 Å². The molecule has 1 fully saturated rings. The Morgan fingerprint density at radius 3 is 2.79 bits per heavy atom. The van der Waals surface area contributed by atoms with Crippen molar-refractivity contribution in [3.8, 4) is 0 Å². The molecule has 1 heterocycles. The molecule has 0 spiro atoms. The van der Waals surface area contributed by atoms with E-state index < -0.39 is 0 Å². The molecule has 5 heteroatoms. The first-order chi connectivity index (χ1) is 8.90. The molecule has 1 aliphatic heterocycles. The zero-order valence-electron chi connectivity index (χ0n) is 11.3. The summed E-state index contributed by atoms with van der Waals surface area (Å²) in [6, 6.07) is 3.23. The van der Waals surface area contributed by atoms with Gasteiger partial charge in [-0.2, -0.15) is 0 Å². The minimum Gasteiger partial charge on any atom is -0.311 e. The largest absolute Gasteiger partial charge is 0.311 e. The zero-order valence-corrected chi connectivity index (χ0v) is 12.9. The van der Waals surface area contributed by atoms with E-state index >= 15 is 0 Å². The molecule has 1 atom stereocenters. The maximum atomic E-state index is 13.6. The van der Waals surface area contributed by atoms with Crippen molar-refractivity contribution < 1.29 is 9.18 Å². The third kappa shape index (κ3) is 2.98. The summed E-state index contributed by atoms with van der Waals surface area (Å²) in [5, 5.41) is 3.24. The first-order valence-corrected chi connectivity index (χ1v) is 7.22. The lowest BCUT2D eigenvalue weighted by Crippen LogP contribution is -2.41. The highest BCUT2D eigenvalue weighted by atomic mass is 79.9. The minimum atomic E-state index is -0.339. The molecule has 104 valence electrons. The summed E-state index contributed by atoms with van der Waals surface area (Å²) in [7, 11) is 0. The standard InChI is InChI=1S/C14H18BrFN2O/c1-8(2)17-12-4-5-18(14(12)19)13-7-11(16)10(15)6-9(13)3/h6-8,12,17H,4-5H2,1-3H3. The van der Waals surface area contributed by atoms with Gasteiger partial charge in [-0.15, -0.1) is 0 Å². The number of anilines is 1. The summed E-state index contributed by atoms with van der Waals surface area (Å²) >= 11 is 3.16. The number of nitrogens with one attached hydrogen (secondary N) is 1. The molecule has 1 aromatic carbocycles. The molecular formula is C14H18BrFN2O. The smallest absolute Gasteiger partial charge is 0.244 e. The van der Waals surface area contributed by atoms with Crippen molar-refractivity contribution in [2.75, 3.05) is 11.4 Å². The van der Waals surface area contributed by atoms with Crippen molar-refractivity contribution in [1.29, 1.82) is 0 Å². The molecule has 0 aromatic heterocycles. The number of nitrogens with zero attached hydrogens (tertiary/aromatic N) is 1. The van der Waals surface area contributed by atoms with E-state index in [1.54, 1.807) is 11.0 Å². The highest BCUT2D eigenvalue weighted by Crippen LogP contribution is 2.29. The van der Waals surface area contributed by atoms with Gasteiger partial charge in [-0.05, 0) is 47.0 Å². The van der Waals surface area contributed by atoms with Gasteiger partial charge in [-0.1, -0.05) is 13.8 Å². The Labute approximate surface area is 121 Å². The van der Waals surface area contributed by atoms with E-state index in [0.717, 1.165) is 12.0 Å². The van der Waals surface area contributed by atoms with Crippen molar-refractivity contribution in [2.45, 2.75) is 39.3 Å². The summed E-state index contributed by atoms with van der Waals surface area (Å²) < 4.78 is 14.1. The van der Waals surface area contributed by atoms with E-state index in [1.807, 2.05) is 20.8 Å². The van der Waals surface area contributed by atoms with Crippen LogP contribution < -0.4 is 10.2 Å². The van der Waals surface area contributed by atoms with Crippen molar-refractivity contribution in [1.82, 2.24) is 5.32 Å². The number of rotatable bonds is 3. The van der Waals surface area contributed by atoms with Gasteiger partial charge in [0.2, 0.25) is 5.91 Å². The van der Waals surface area contributed by atoms with E-state index in [-0.39, 0.29) is 23.8 Å². The van der Waals surface area contributed by atoms with Gasteiger partial charge in [-0.25, -0.2) is 4.39 Å². The molecule has 0 bridgehead atoms. The van der Waals surface area contributed by atoms with Gasteiger partial charge in [0, 0.05) is 18.3 Å². The Morgan fingerprint density at radius 1 is 1.47 bits per heavy atom. The van der Waals surface area contributed by atoms with Gasteiger partial charge in [0.1, 0.15) is 5.82 Å². The number of halogens is 2. The Balaban J connectivity index is 2.24. The second kappa shape index (κ2) is 5.59. The average molecular weight is 329 g/mol. The minimum absolute atomic E-state index is 0.0264. The normalized spacial score (nSPS) is 19.6. The summed E-state index contributed by atoms with van der Waals surface area (Å²) in [4.78, 5) is 14.0. The number of carbonyl (C=O) groups excluding carboxylic acids is 1. The van der Waals surface area contributed by atoms with Crippen LogP contribution in [0.5, 0.6) is 0 Å². The summed E-state index contributed by atoms with van der Waals surface area (Å²) in [6.07, 6.45) is 0.758. The molecule has 1 amide bonds. The Bertz CT molecular complexity index is 504. The maximum Gasteiger partial charge on any atom is 0.244 e. The quantitative estimate of drug-likeness (QED) is 0.925. The third-order valence-electron chi connectivity index (χ3n) is 3.27.